The number of rotatable bonds is 7. The number of hydrogen-bond donors (Lipinski definition) is 1. The van der Waals surface area contributed by atoms with Gasteiger partial charge in [0.2, 0.25) is 0 Å². The van der Waals surface area contributed by atoms with Crippen LogP contribution in [0.2, 0.25) is 0 Å². The van der Waals surface area contributed by atoms with E-state index in [0.717, 1.165) is 37.2 Å². The molecule has 36 heavy (non-hydrogen) atoms. The number of ether oxygens (including phenoxy) is 3. The van der Waals surface area contributed by atoms with Gasteiger partial charge < -0.3 is 19.3 Å². The summed E-state index contributed by atoms with van der Waals surface area (Å²) in [4.78, 5) is 0. The summed E-state index contributed by atoms with van der Waals surface area (Å²) in [5.41, 5.74) is 5.25. The van der Waals surface area contributed by atoms with E-state index in [1.165, 1.54) is 22.3 Å². The molecular weight excluding hydrogens is 448 g/mol. The van der Waals surface area contributed by atoms with Crippen molar-refractivity contribution in [3.63, 3.8) is 0 Å². The highest BCUT2D eigenvalue weighted by Crippen LogP contribution is 2.47. The number of aliphatic hydroxyl groups is 1. The molecule has 1 aliphatic carbocycles. The predicted octanol–water partition coefficient (Wildman–Crippen LogP) is 6.64. The lowest BCUT2D eigenvalue weighted by atomic mass is 9.69. The van der Waals surface area contributed by atoms with Crippen LogP contribution >= 0.6 is 0 Å². The van der Waals surface area contributed by atoms with Crippen molar-refractivity contribution in [2.75, 3.05) is 13.2 Å². The molecule has 1 fully saturated rings. The third-order valence-electron chi connectivity index (χ3n) is 7.30. The van der Waals surface area contributed by atoms with Crippen LogP contribution in [0.15, 0.2) is 72.8 Å². The Morgan fingerprint density at radius 3 is 2.25 bits per heavy atom. The maximum Gasteiger partial charge on any atom is 0.120 e. The van der Waals surface area contributed by atoms with Crippen LogP contribution in [0.4, 0.5) is 0 Å². The molecule has 1 aliphatic heterocycles. The largest absolute Gasteiger partial charge is 0.491 e. The summed E-state index contributed by atoms with van der Waals surface area (Å²) in [7, 11) is 0. The lowest BCUT2D eigenvalue weighted by Gasteiger charge is -2.35. The zero-order valence-electron chi connectivity index (χ0n) is 21.7. The zero-order valence-corrected chi connectivity index (χ0v) is 21.7. The molecule has 1 N–H and O–H groups in total. The van der Waals surface area contributed by atoms with Gasteiger partial charge in [0.1, 0.15) is 23.7 Å². The minimum absolute atomic E-state index is 0.0448. The van der Waals surface area contributed by atoms with E-state index in [9.17, 15) is 5.11 Å². The Bertz CT molecular complexity index is 1130. The Kier molecular flexibility index (Phi) is 7.36. The molecule has 0 aromatic heterocycles. The molecule has 0 radical (unpaired) electrons. The summed E-state index contributed by atoms with van der Waals surface area (Å²) in [6, 6.07) is 26.2. The van der Waals surface area contributed by atoms with Crippen molar-refractivity contribution in [1.29, 1.82) is 0 Å². The van der Waals surface area contributed by atoms with Gasteiger partial charge in [0.15, 0.2) is 0 Å². The maximum atomic E-state index is 9.29. The molecule has 3 aromatic rings. The Morgan fingerprint density at radius 1 is 0.833 bits per heavy atom. The molecular formula is C32H38O4. The number of fused-ring (bicyclic) bond motifs is 1. The second kappa shape index (κ2) is 10.7. The predicted molar refractivity (Wildman–Crippen MR) is 143 cm³/mol. The average Bonchev–Trinajstić information content (AvgIpc) is 3.35. The first kappa shape index (κ1) is 24.9. The molecule has 0 unspecified atom stereocenters. The van der Waals surface area contributed by atoms with Gasteiger partial charge in [-0.1, -0.05) is 48.5 Å². The molecule has 4 nitrogen and oxygen atoms in total. The Labute approximate surface area is 215 Å². The second-order valence-corrected chi connectivity index (χ2v) is 11.1. The molecule has 1 heterocycles. The van der Waals surface area contributed by atoms with Crippen molar-refractivity contribution in [3.8, 4) is 11.5 Å². The van der Waals surface area contributed by atoms with Crippen molar-refractivity contribution >= 4 is 0 Å². The molecule has 1 saturated heterocycles. The maximum absolute atomic E-state index is 9.29. The highest BCUT2D eigenvalue weighted by molar-refractivity contribution is 5.48. The Hall–Kier alpha value is -2.82. The standard InChI is InChI=1S/C32H38O4/c1-32(2,3)36-26-16-18-30-24(19-26)11-17-29(22-7-5-4-6-8-22)31(30)23-9-12-25(13-10-23)34-21-28-15-14-27(20-33)35-28/h4-10,12-13,16,18-19,27-29,31,33H,11,14-15,17,20-21H2,1-3H3/t27-,28+,29+,31-/m0/s1. The molecule has 4 heteroatoms. The van der Waals surface area contributed by atoms with Crippen LogP contribution in [0.5, 0.6) is 11.5 Å². The molecule has 190 valence electrons. The minimum atomic E-state index is -0.215. The van der Waals surface area contributed by atoms with E-state index in [0.29, 0.717) is 12.5 Å². The SMILES string of the molecule is CC(C)(C)Oc1ccc2c(c1)CC[C@H](c1ccccc1)[C@@H]2c1ccc(OC[C@H]2CC[C@@H](CO)O2)cc1. The molecule has 2 aliphatic rings. The van der Waals surface area contributed by atoms with Crippen molar-refractivity contribution in [1.82, 2.24) is 0 Å². The summed E-state index contributed by atoms with van der Waals surface area (Å²) in [5.74, 6) is 2.50. The van der Waals surface area contributed by atoms with Gasteiger partial charge in [-0.15, -0.1) is 0 Å². The van der Waals surface area contributed by atoms with E-state index in [1.807, 2.05) is 0 Å². The summed E-state index contributed by atoms with van der Waals surface area (Å²) < 4.78 is 18.0. The van der Waals surface area contributed by atoms with E-state index >= 15 is 0 Å². The van der Waals surface area contributed by atoms with Crippen LogP contribution in [-0.4, -0.2) is 36.1 Å². The molecule has 4 atom stereocenters. The molecule has 0 bridgehead atoms. The van der Waals surface area contributed by atoms with Gasteiger partial charge in [0, 0.05) is 5.92 Å². The molecule has 0 saturated carbocycles. The lowest BCUT2D eigenvalue weighted by molar-refractivity contribution is -0.00722. The zero-order chi connectivity index (χ0) is 25.1. The van der Waals surface area contributed by atoms with E-state index in [2.05, 4.69) is 93.6 Å². The van der Waals surface area contributed by atoms with Crippen LogP contribution in [-0.2, 0) is 11.2 Å². The Morgan fingerprint density at radius 2 is 1.56 bits per heavy atom. The average molecular weight is 487 g/mol. The number of hydrogen-bond acceptors (Lipinski definition) is 4. The van der Waals surface area contributed by atoms with E-state index in [1.54, 1.807) is 0 Å². The van der Waals surface area contributed by atoms with Gasteiger partial charge >= 0.3 is 0 Å². The quantitative estimate of drug-likeness (QED) is 0.406. The minimum Gasteiger partial charge on any atom is -0.491 e. The number of benzene rings is 3. The smallest absolute Gasteiger partial charge is 0.120 e. The number of aryl methyl sites for hydroxylation is 1. The van der Waals surface area contributed by atoms with Gasteiger partial charge in [0.25, 0.3) is 0 Å². The van der Waals surface area contributed by atoms with Gasteiger partial charge in [-0.2, -0.15) is 0 Å². The summed E-state index contributed by atoms with van der Waals surface area (Å²) in [6.07, 6.45) is 3.99. The summed E-state index contributed by atoms with van der Waals surface area (Å²) >= 11 is 0. The van der Waals surface area contributed by atoms with Gasteiger partial charge in [-0.05, 0) is 98.9 Å². The number of aliphatic hydroxyl groups excluding tert-OH is 1. The van der Waals surface area contributed by atoms with E-state index < -0.39 is 0 Å². The Balaban J connectivity index is 1.39. The first-order valence-electron chi connectivity index (χ1n) is 13.3. The molecule has 0 spiro atoms. The fourth-order valence-corrected chi connectivity index (χ4v) is 5.68. The third kappa shape index (κ3) is 5.77. The topological polar surface area (TPSA) is 47.9 Å². The highest BCUT2D eigenvalue weighted by Gasteiger charge is 2.32. The van der Waals surface area contributed by atoms with Crippen LogP contribution in [0.3, 0.4) is 0 Å². The van der Waals surface area contributed by atoms with Crippen molar-refractivity contribution in [2.24, 2.45) is 0 Å². The molecule has 5 rings (SSSR count). The van der Waals surface area contributed by atoms with Crippen molar-refractivity contribution in [2.45, 2.75) is 76.1 Å². The summed E-state index contributed by atoms with van der Waals surface area (Å²) in [5, 5.41) is 9.29. The van der Waals surface area contributed by atoms with Crippen molar-refractivity contribution < 1.29 is 19.3 Å². The lowest BCUT2D eigenvalue weighted by Crippen LogP contribution is -2.24. The van der Waals surface area contributed by atoms with Crippen LogP contribution in [0, 0.1) is 0 Å². The third-order valence-corrected chi connectivity index (χ3v) is 7.30. The van der Waals surface area contributed by atoms with Crippen LogP contribution in [0.1, 0.15) is 74.1 Å². The van der Waals surface area contributed by atoms with Gasteiger partial charge in [-0.25, -0.2) is 0 Å². The second-order valence-electron chi connectivity index (χ2n) is 11.1. The molecule has 0 amide bonds. The molecule has 3 aromatic carbocycles. The summed E-state index contributed by atoms with van der Waals surface area (Å²) in [6.45, 7) is 6.88. The highest BCUT2D eigenvalue weighted by atomic mass is 16.5. The monoisotopic (exact) mass is 486 g/mol. The fourth-order valence-electron chi connectivity index (χ4n) is 5.68. The first-order chi connectivity index (χ1) is 17.4. The van der Waals surface area contributed by atoms with E-state index in [4.69, 9.17) is 14.2 Å². The van der Waals surface area contributed by atoms with Crippen molar-refractivity contribution in [3.05, 3.63) is 95.1 Å². The fraction of sp³-hybridized carbons (Fsp3) is 0.438. The normalized spacial score (nSPS) is 23.8. The van der Waals surface area contributed by atoms with Gasteiger partial charge in [0.05, 0.1) is 18.8 Å². The van der Waals surface area contributed by atoms with Crippen LogP contribution < -0.4 is 9.47 Å². The first-order valence-corrected chi connectivity index (χ1v) is 13.3. The van der Waals surface area contributed by atoms with E-state index in [-0.39, 0.29) is 30.3 Å². The van der Waals surface area contributed by atoms with Gasteiger partial charge in [-0.3, -0.25) is 0 Å². The van der Waals surface area contributed by atoms with Crippen LogP contribution in [0.25, 0.3) is 0 Å².